The van der Waals surface area contributed by atoms with E-state index in [1.165, 1.54) is 0 Å². The maximum atomic E-state index is 12.4. The van der Waals surface area contributed by atoms with E-state index in [9.17, 15) is 9.59 Å². The Hall–Kier alpha value is -2.46. The first kappa shape index (κ1) is 12.3. The van der Waals surface area contributed by atoms with Gasteiger partial charge in [-0.1, -0.05) is 24.3 Å². The van der Waals surface area contributed by atoms with Crippen LogP contribution in [-0.2, 0) is 4.74 Å². The van der Waals surface area contributed by atoms with Gasteiger partial charge < -0.3 is 9.64 Å². The summed E-state index contributed by atoms with van der Waals surface area (Å²) in [5.41, 5.74) is 1.95. The van der Waals surface area contributed by atoms with Crippen molar-refractivity contribution in [1.29, 1.82) is 0 Å². The Bertz CT molecular complexity index is 685. The lowest BCUT2D eigenvalue weighted by Gasteiger charge is -2.17. The molecule has 1 fully saturated rings. The molecule has 1 aromatic rings. The zero-order valence-corrected chi connectivity index (χ0v) is 11.3. The minimum absolute atomic E-state index is 0.182. The Morgan fingerprint density at radius 1 is 1.05 bits per heavy atom. The predicted molar refractivity (Wildman–Crippen MR) is 76.9 cm³/mol. The molecule has 4 heteroatoms. The molecule has 0 radical (unpaired) electrons. The van der Waals surface area contributed by atoms with E-state index in [4.69, 9.17) is 4.74 Å². The van der Waals surface area contributed by atoms with Gasteiger partial charge in [-0.05, 0) is 17.7 Å². The molecule has 1 aromatic carbocycles. The topological polar surface area (TPSA) is 49.9 Å². The third-order valence-corrected chi connectivity index (χ3v) is 3.87. The molecule has 1 unspecified atom stereocenters. The second-order valence-corrected chi connectivity index (χ2v) is 5.32. The molecule has 1 aliphatic carbocycles. The molecule has 3 aliphatic rings. The van der Waals surface area contributed by atoms with Crippen molar-refractivity contribution in [3.8, 4) is 0 Å². The maximum Gasteiger partial charge on any atom is 0.198 e. The lowest BCUT2D eigenvalue weighted by molar-refractivity contribution is 0.0988. The van der Waals surface area contributed by atoms with Gasteiger partial charge in [0.05, 0.1) is 24.8 Å². The Morgan fingerprint density at radius 3 is 2.14 bits per heavy atom. The number of ketones is 2. The molecule has 2 aliphatic heterocycles. The zero-order valence-electron chi connectivity index (χ0n) is 11.3. The van der Waals surface area contributed by atoms with Crippen molar-refractivity contribution in [3.63, 3.8) is 0 Å². The lowest BCUT2D eigenvalue weighted by Crippen LogP contribution is -2.18. The van der Waals surface area contributed by atoms with E-state index in [1.807, 2.05) is 29.5 Å². The Morgan fingerprint density at radius 2 is 1.62 bits per heavy atom. The third-order valence-electron chi connectivity index (χ3n) is 3.87. The van der Waals surface area contributed by atoms with Crippen molar-refractivity contribution in [2.75, 3.05) is 13.2 Å². The average Bonchev–Trinajstić information content (AvgIpc) is 3.29. The predicted octanol–water partition coefficient (Wildman–Crippen LogP) is 2.10. The Balaban J connectivity index is 1.67. The number of nitrogens with zero attached hydrogens (tertiary/aromatic N) is 1. The number of hydrogen-bond acceptors (Lipinski definition) is 4. The van der Waals surface area contributed by atoms with Crippen LogP contribution in [0.15, 0.2) is 60.0 Å². The molecule has 1 saturated heterocycles. The summed E-state index contributed by atoms with van der Waals surface area (Å²) in [4.78, 5) is 26.8. The number of rotatable bonds is 2. The summed E-state index contributed by atoms with van der Waals surface area (Å²) in [6.07, 6.45) is 7.70. The molecule has 0 bridgehead atoms. The summed E-state index contributed by atoms with van der Waals surface area (Å²) in [5, 5.41) is 0. The minimum atomic E-state index is -0.182. The van der Waals surface area contributed by atoms with E-state index < -0.39 is 0 Å². The quantitative estimate of drug-likeness (QED) is 0.472. The van der Waals surface area contributed by atoms with Crippen LogP contribution in [-0.4, -0.2) is 35.7 Å². The van der Waals surface area contributed by atoms with Crippen LogP contribution in [0, 0.1) is 0 Å². The summed E-state index contributed by atoms with van der Waals surface area (Å²) < 4.78 is 5.18. The van der Waals surface area contributed by atoms with Gasteiger partial charge in [0.1, 0.15) is 0 Å². The summed E-state index contributed by atoms with van der Waals surface area (Å²) >= 11 is 0. The van der Waals surface area contributed by atoms with Crippen molar-refractivity contribution in [1.82, 2.24) is 4.90 Å². The first-order chi connectivity index (χ1) is 10.2. The largest absolute Gasteiger partial charge is 0.371 e. The van der Waals surface area contributed by atoms with Gasteiger partial charge in [0.2, 0.25) is 0 Å². The number of allylic oxidation sites excluding steroid dienone is 4. The van der Waals surface area contributed by atoms with Crippen LogP contribution in [0.2, 0.25) is 0 Å². The van der Waals surface area contributed by atoms with Crippen LogP contribution < -0.4 is 0 Å². The zero-order chi connectivity index (χ0) is 14.4. The number of hydrogen-bond donors (Lipinski definition) is 0. The van der Waals surface area contributed by atoms with E-state index in [0.717, 1.165) is 13.2 Å². The van der Waals surface area contributed by atoms with Gasteiger partial charge >= 0.3 is 0 Å². The van der Waals surface area contributed by atoms with Crippen molar-refractivity contribution < 1.29 is 14.3 Å². The normalized spacial score (nSPS) is 23.0. The van der Waals surface area contributed by atoms with E-state index in [-0.39, 0.29) is 17.1 Å². The highest BCUT2D eigenvalue weighted by molar-refractivity contribution is 6.40. The molecule has 0 saturated carbocycles. The van der Waals surface area contributed by atoms with Crippen molar-refractivity contribution in [3.05, 3.63) is 71.1 Å². The van der Waals surface area contributed by atoms with Crippen LogP contribution in [0.5, 0.6) is 0 Å². The van der Waals surface area contributed by atoms with Gasteiger partial charge in [0, 0.05) is 23.5 Å². The fourth-order valence-corrected chi connectivity index (χ4v) is 2.67. The van der Waals surface area contributed by atoms with Crippen LogP contribution >= 0.6 is 0 Å². The summed E-state index contributed by atoms with van der Waals surface area (Å²) in [6, 6.07) is 6.97. The smallest absolute Gasteiger partial charge is 0.198 e. The molecular formula is C17H13NO3. The maximum absolute atomic E-state index is 12.4. The monoisotopic (exact) mass is 279 g/mol. The van der Waals surface area contributed by atoms with Gasteiger partial charge in [-0.15, -0.1) is 0 Å². The molecule has 1 atom stereocenters. The van der Waals surface area contributed by atoms with Gasteiger partial charge in [0.25, 0.3) is 0 Å². The minimum Gasteiger partial charge on any atom is -0.371 e. The first-order valence-electron chi connectivity index (χ1n) is 6.90. The van der Waals surface area contributed by atoms with Gasteiger partial charge in [0.15, 0.2) is 11.6 Å². The number of carbonyl (C=O) groups excluding carboxylic acids is 2. The molecule has 21 heavy (non-hydrogen) atoms. The molecule has 2 heterocycles. The van der Waals surface area contributed by atoms with Gasteiger partial charge in [-0.25, -0.2) is 0 Å². The highest BCUT2D eigenvalue weighted by Crippen LogP contribution is 2.30. The Kier molecular flexibility index (Phi) is 2.65. The lowest BCUT2D eigenvalue weighted by atomic mass is 10.0. The number of benzene rings is 1. The van der Waals surface area contributed by atoms with Crippen LogP contribution in [0.4, 0.5) is 0 Å². The first-order valence-corrected chi connectivity index (χ1v) is 6.90. The number of fused-ring (bicyclic) bond motifs is 1. The Labute approximate surface area is 122 Å². The summed E-state index contributed by atoms with van der Waals surface area (Å²) in [7, 11) is 0. The molecule has 4 nitrogen and oxygen atoms in total. The average molecular weight is 279 g/mol. The van der Waals surface area contributed by atoms with E-state index in [1.54, 1.807) is 24.3 Å². The highest BCUT2D eigenvalue weighted by Gasteiger charge is 2.34. The molecule has 0 spiro atoms. The number of ether oxygens (including phenoxy) is 1. The molecule has 0 N–H and O–H groups in total. The van der Waals surface area contributed by atoms with E-state index in [0.29, 0.717) is 22.8 Å². The van der Waals surface area contributed by atoms with Crippen molar-refractivity contribution in [2.45, 2.75) is 6.10 Å². The summed E-state index contributed by atoms with van der Waals surface area (Å²) in [5.74, 6) is -0.363. The van der Waals surface area contributed by atoms with Crippen molar-refractivity contribution >= 4 is 11.6 Å². The molecule has 0 amide bonds. The fourth-order valence-electron chi connectivity index (χ4n) is 2.67. The van der Waals surface area contributed by atoms with Gasteiger partial charge in [-0.2, -0.15) is 0 Å². The second-order valence-electron chi connectivity index (χ2n) is 5.32. The van der Waals surface area contributed by atoms with Crippen LogP contribution in [0.3, 0.4) is 0 Å². The van der Waals surface area contributed by atoms with E-state index in [2.05, 4.69) is 0 Å². The highest BCUT2D eigenvalue weighted by atomic mass is 16.6. The SMILES string of the molecule is O=C1C(=C2C=CN(CC3CO3)C=C2)C(=O)c2ccccc21. The van der Waals surface area contributed by atoms with Gasteiger partial charge in [-0.3, -0.25) is 9.59 Å². The number of Topliss-reactive ketones (excluding diaryl/α,β-unsaturated/α-hetero) is 2. The third kappa shape index (κ3) is 2.04. The number of carbonyl (C=O) groups is 2. The van der Waals surface area contributed by atoms with Crippen LogP contribution in [0.1, 0.15) is 20.7 Å². The molecule has 0 aromatic heterocycles. The van der Waals surface area contributed by atoms with E-state index >= 15 is 0 Å². The van der Waals surface area contributed by atoms with Crippen LogP contribution in [0.25, 0.3) is 0 Å². The number of epoxide rings is 1. The second kappa shape index (κ2) is 4.53. The summed E-state index contributed by atoms with van der Waals surface area (Å²) in [6.45, 7) is 1.61. The van der Waals surface area contributed by atoms with Crippen molar-refractivity contribution in [2.24, 2.45) is 0 Å². The standard InChI is InChI=1S/C17H13NO3/c19-16-13-3-1-2-4-14(13)17(20)15(16)11-5-7-18(8-6-11)9-12-10-21-12/h1-8,12H,9-10H2. The molecule has 4 rings (SSSR count). The molecular weight excluding hydrogens is 266 g/mol. The fraction of sp³-hybridized carbons (Fsp3) is 0.176. The molecule has 104 valence electrons.